The van der Waals surface area contributed by atoms with Crippen LogP contribution in [0.25, 0.3) is 11.3 Å². The van der Waals surface area contributed by atoms with E-state index in [1.54, 1.807) is 30.6 Å². The number of aromatic nitrogens is 3. The number of carbonyl (C=O) groups excluding carboxylic acids is 1. The second-order valence-electron chi connectivity index (χ2n) is 5.94. The van der Waals surface area contributed by atoms with E-state index in [1.807, 2.05) is 43.3 Å². The number of hydrogen-bond donors (Lipinski definition) is 1. The molecule has 7 heteroatoms. The monoisotopic (exact) mass is 349 g/mol. The number of amides is 1. The molecule has 0 aliphatic rings. The van der Waals surface area contributed by atoms with Gasteiger partial charge in [-0.1, -0.05) is 0 Å². The lowest BCUT2D eigenvalue weighted by Gasteiger charge is -2.13. The van der Waals surface area contributed by atoms with Gasteiger partial charge in [0.1, 0.15) is 6.54 Å². The molecule has 0 bridgehead atoms. The van der Waals surface area contributed by atoms with E-state index in [-0.39, 0.29) is 18.0 Å². The van der Waals surface area contributed by atoms with Crippen molar-refractivity contribution >= 4 is 17.3 Å². The van der Waals surface area contributed by atoms with E-state index in [0.29, 0.717) is 11.4 Å². The molecule has 0 atom stereocenters. The van der Waals surface area contributed by atoms with E-state index in [4.69, 9.17) is 0 Å². The molecule has 1 N–H and O–H groups in total. The highest BCUT2D eigenvalue weighted by Gasteiger charge is 2.08. The fourth-order valence-electron chi connectivity index (χ4n) is 2.42. The summed E-state index contributed by atoms with van der Waals surface area (Å²) in [5.41, 5.74) is 2.80. The lowest BCUT2D eigenvalue weighted by atomic mass is 10.2. The molecule has 0 spiro atoms. The highest BCUT2D eigenvalue weighted by Crippen LogP contribution is 2.16. The molecule has 132 valence electrons. The Morgan fingerprint density at radius 3 is 2.38 bits per heavy atom. The van der Waals surface area contributed by atoms with Crippen molar-refractivity contribution in [1.82, 2.24) is 14.8 Å². The first-order chi connectivity index (χ1) is 12.5. The molecule has 2 heterocycles. The van der Waals surface area contributed by atoms with Crippen molar-refractivity contribution in [1.29, 1.82) is 0 Å². The van der Waals surface area contributed by atoms with E-state index < -0.39 is 0 Å². The molecule has 26 heavy (non-hydrogen) atoms. The van der Waals surface area contributed by atoms with Crippen LogP contribution < -0.4 is 15.8 Å². The molecule has 0 unspecified atom stereocenters. The number of nitrogens with zero attached hydrogens (tertiary/aromatic N) is 4. The van der Waals surface area contributed by atoms with Crippen LogP contribution in [0.5, 0.6) is 0 Å². The molecule has 3 aromatic rings. The summed E-state index contributed by atoms with van der Waals surface area (Å²) in [6, 6.07) is 14.1. The maximum atomic E-state index is 12.3. The summed E-state index contributed by atoms with van der Waals surface area (Å²) in [6.07, 6.45) is 3.30. The van der Waals surface area contributed by atoms with Crippen LogP contribution in [0.1, 0.15) is 0 Å². The first-order valence-corrected chi connectivity index (χ1v) is 8.09. The van der Waals surface area contributed by atoms with Crippen molar-refractivity contribution in [3.05, 3.63) is 71.3 Å². The van der Waals surface area contributed by atoms with Crippen LogP contribution in [-0.4, -0.2) is 34.8 Å². The van der Waals surface area contributed by atoms with Crippen LogP contribution >= 0.6 is 0 Å². The third-order valence-corrected chi connectivity index (χ3v) is 3.80. The van der Waals surface area contributed by atoms with Gasteiger partial charge in [-0.05, 0) is 42.5 Å². The third kappa shape index (κ3) is 4.13. The number of rotatable bonds is 5. The second-order valence-corrected chi connectivity index (χ2v) is 5.94. The van der Waals surface area contributed by atoms with Gasteiger partial charge in [0.05, 0.1) is 5.69 Å². The summed E-state index contributed by atoms with van der Waals surface area (Å²) < 4.78 is 1.15. The Labute approximate surface area is 150 Å². The standard InChI is InChI=1S/C19H19N5O2/c1-23(2)16-5-3-15(4-6-16)21-18(25)13-24-19(26)8-7-17(22-24)14-9-11-20-12-10-14/h3-12H,13H2,1-2H3,(H,21,25). The number of nitrogens with one attached hydrogen (secondary N) is 1. The lowest BCUT2D eigenvalue weighted by molar-refractivity contribution is -0.117. The van der Waals surface area contributed by atoms with E-state index in [1.165, 1.54) is 6.07 Å². The minimum Gasteiger partial charge on any atom is -0.378 e. The molecule has 0 saturated heterocycles. The molecule has 0 fully saturated rings. The number of hydrogen-bond acceptors (Lipinski definition) is 5. The second kappa shape index (κ2) is 7.60. The fourth-order valence-corrected chi connectivity index (χ4v) is 2.42. The number of carbonyl (C=O) groups is 1. The minimum atomic E-state index is -0.332. The average Bonchev–Trinajstić information content (AvgIpc) is 2.64. The van der Waals surface area contributed by atoms with Gasteiger partial charge in [0.15, 0.2) is 0 Å². The minimum absolute atomic E-state index is 0.160. The molecule has 7 nitrogen and oxygen atoms in total. The summed E-state index contributed by atoms with van der Waals surface area (Å²) in [5.74, 6) is -0.316. The van der Waals surface area contributed by atoms with Crippen LogP contribution in [0, 0.1) is 0 Å². The molecule has 1 aromatic carbocycles. The molecular formula is C19H19N5O2. The summed E-state index contributed by atoms with van der Waals surface area (Å²) >= 11 is 0. The van der Waals surface area contributed by atoms with Crippen LogP contribution in [0.3, 0.4) is 0 Å². The summed E-state index contributed by atoms with van der Waals surface area (Å²) in [5, 5.41) is 7.05. The van der Waals surface area contributed by atoms with Gasteiger partial charge in [0.2, 0.25) is 5.91 Å². The lowest BCUT2D eigenvalue weighted by Crippen LogP contribution is -2.29. The Balaban J connectivity index is 1.74. The summed E-state index contributed by atoms with van der Waals surface area (Å²) in [6.45, 7) is -0.160. The predicted octanol–water partition coefficient (Wildman–Crippen LogP) is 2.01. The van der Waals surface area contributed by atoms with Gasteiger partial charge in [-0.25, -0.2) is 4.68 Å². The molecule has 0 aliphatic heterocycles. The zero-order valence-electron chi connectivity index (χ0n) is 14.6. The van der Waals surface area contributed by atoms with Crippen molar-refractivity contribution in [2.75, 3.05) is 24.3 Å². The van der Waals surface area contributed by atoms with Crippen molar-refractivity contribution in [2.24, 2.45) is 0 Å². The van der Waals surface area contributed by atoms with Crippen molar-refractivity contribution in [2.45, 2.75) is 6.54 Å². The topological polar surface area (TPSA) is 80.1 Å². The first kappa shape index (κ1) is 17.3. The van der Waals surface area contributed by atoms with E-state index in [0.717, 1.165) is 15.9 Å². The first-order valence-electron chi connectivity index (χ1n) is 8.09. The molecular weight excluding hydrogens is 330 g/mol. The van der Waals surface area contributed by atoms with Crippen LogP contribution in [0.2, 0.25) is 0 Å². The maximum Gasteiger partial charge on any atom is 0.267 e. The van der Waals surface area contributed by atoms with Gasteiger partial charge in [-0.15, -0.1) is 0 Å². The van der Waals surface area contributed by atoms with Gasteiger partial charge in [-0.3, -0.25) is 14.6 Å². The van der Waals surface area contributed by atoms with E-state index in [2.05, 4.69) is 15.4 Å². The van der Waals surface area contributed by atoms with Gasteiger partial charge in [0, 0.05) is 49.5 Å². The largest absolute Gasteiger partial charge is 0.378 e. The fraction of sp³-hybridized carbons (Fsp3) is 0.158. The third-order valence-electron chi connectivity index (χ3n) is 3.80. The number of pyridine rings is 1. The van der Waals surface area contributed by atoms with Gasteiger partial charge >= 0.3 is 0 Å². The van der Waals surface area contributed by atoms with E-state index in [9.17, 15) is 9.59 Å². The van der Waals surface area contributed by atoms with Crippen LogP contribution in [0.15, 0.2) is 65.7 Å². The Morgan fingerprint density at radius 2 is 1.73 bits per heavy atom. The Morgan fingerprint density at radius 1 is 1.04 bits per heavy atom. The number of anilines is 2. The molecule has 3 rings (SSSR count). The van der Waals surface area contributed by atoms with Crippen LogP contribution in [-0.2, 0) is 11.3 Å². The van der Waals surface area contributed by atoms with Crippen molar-refractivity contribution in [3.8, 4) is 11.3 Å². The van der Waals surface area contributed by atoms with E-state index >= 15 is 0 Å². The van der Waals surface area contributed by atoms with Gasteiger partial charge in [-0.2, -0.15) is 5.10 Å². The predicted molar refractivity (Wildman–Crippen MR) is 101 cm³/mol. The zero-order valence-corrected chi connectivity index (χ0v) is 14.6. The molecule has 0 saturated carbocycles. The Bertz CT molecular complexity index is 950. The SMILES string of the molecule is CN(C)c1ccc(NC(=O)Cn2nc(-c3ccncc3)ccc2=O)cc1. The molecule has 0 aliphatic carbocycles. The maximum absolute atomic E-state index is 12.3. The smallest absolute Gasteiger partial charge is 0.267 e. The van der Waals surface area contributed by atoms with Crippen LogP contribution in [0.4, 0.5) is 11.4 Å². The van der Waals surface area contributed by atoms with Crippen molar-refractivity contribution < 1.29 is 4.79 Å². The molecule has 2 aromatic heterocycles. The average molecular weight is 349 g/mol. The highest BCUT2D eigenvalue weighted by atomic mass is 16.2. The van der Waals surface area contributed by atoms with Gasteiger partial charge < -0.3 is 10.2 Å². The quantitative estimate of drug-likeness (QED) is 0.762. The summed E-state index contributed by atoms with van der Waals surface area (Å²) in [4.78, 5) is 30.2. The normalized spacial score (nSPS) is 10.4. The zero-order chi connectivity index (χ0) is 18.5. The van der Waals surface area contributed by atoms with Gasteiger partial charge in [0.25, 0.3) is 5.56 Å². The Kier molecular flexibility index (Phi) is 5.07. The number of benzene rings is 1. The Hall–Kier alpha value is -3.48. The summed E-state index contributed by atoms with van der Waals surface area (Å²) in [7, 11) is 3.89. The molecule has 0 radical (unpaired) electrons. The highest BCUT2D eigenvalue weighted by molar-refractivity contribution is 5.90. The molecule has 1 amide bonds. The van der Waals surface area contributed by atoms with Crippen molar-refractivity contribution in [3.63, 3.8) is 0 Å².